The van der Waals surface area contributed by atoms with Gasteiger partial charge in [0.15, 0.2) is 11.5 Å². The summed E-state index contributed by atoms with van der Waals surface area (Å²) in [6.07, 6.45) is -0.583. The molecular weight excluding hydrogens is 398 g/mol. The van der Waals surface area contributed by atoms with Gasteiger partial charge in [0.2, 0.25) is 0 Å². The van der Waals surface area contributed by atoms with E-state index < -0.39 is 6.10 Å². The van der Waals surface area contributed by atoms with Crippen LogP contribution in [0.1, 0.15) is 36.6 Å². The standard InChI is InChI=1S/C25H29NO3.ClH/c1-3-28-23-16-10-15-22(25(23)29-18-20-11-6-4-7-12-20)17-26-19(2)24(27)21-13-8-5-9-14-21;/h4-16,19,24,26-27H,3,17-18H2,1-2H3;1H. The first-order valence-electron chi connectivity index (χ1n) is 10.1. The Labute approximate surface area is 185 Å². The van der Waals surface area contributed by atoms with Crippen LogP contribution < -0.4 is 14.8 Å². The van der Waals surface area contributed by atoms with Gasteiger partial charge in [0.05, 0.1) is 12.7 Å². The average molecular weight is 428 g/mol. The maximum atomic E-state index is 10.6. The second-order valence-corrected chi connectivity index (χ2v) is 6.98. The summed E-state index contributed by atoms with van der Waals surface area (Å²) < 4.78 is 11.9. The fourth-order valence-corrected chi connectivity index (χ4v) is 3.18. The number of para-hydroxylation sites is 1. The van der Waals surface area contributed by atoms with Gasteiger partial charge in [0.25, 0.3) is 0 Å². The normalized spacial score (nSPS) is 12.5. The summed E-state index contributed by atoms with van der Waals surface area (Å²) in [6, 6.07) is 25.6. The first-order valence-corrected chi connectivity index (χ1v) is 10.1. The molecule has 5 heteroatoms. The molecule has 0 radical (unpaired) electrons. The van der Waals surface area contributed by atoms with Crippen molar-refractivity contribution in [2.75, 3.05) is 6.61 Å². The van der Waals surface area contributed by atoms with E-state index in [0.717, 1.165) is 28.2 Å². The van der Waals surface area contributed by atoms with Gasteiger partial charge in [-0.3, -0.25) is 0 Å². The van der Waals surface area contributed by atoms with Gasteiger partial charge in [-0.05, 0) is 31.0 Å². The van der Waals surface area contributed by atoms with Crippen LogP contribution in [0.4, 0.5) is 0 Å². The molecule has 0 saturated heterocycles. The van der Waals surface area contributed by atoms with E-state index in [0.29, 0.717) is 19.8 Å². The Morgan fingerprint density at radius 1 is 0.867 bits per heavy atom. The fourth-order valence-electron chi connectivity index (χ4n) is 3.18. The van der Waals surface area contributed by atoms with Crippen molar-refractivity contribution < 1.29 is 14.6 Å². The highest BCUT2D eigenvalue weighted by molar-refractivity contribution is 5.85. The minimum Gasteiger partial charge on any atom is -0.490 e. The number of nitrogens with one attached hydrogen (secondary N) is 1. The molecule has 0 saturated carbocycles. The molecule has 3 aromatic rings. The van der Waals surface area contributed by atoms with Crippen LogP contribution in [-0.4, -0.2) is 17.8 Å². The maximum absolute atomic E-state index is 10.6. The van der Waals surface area contributed by atoms with Crippen molar-refractivity contribution in [3.05, 3.63) is 95.6 Å². The van der Waals surface area contributed by atoms with E-state index in [9.17, 15) is 5.11 Å². The Morgan fingerprint density at radius 3 is 2.20 bits per heavy atom. The lowest BCUT2D eigenvalue weighted by atomic mass is 10.0. The molecule has 30 heavy (non-hydrogen) atoms. The summed E-state index contributed by atoms with van der Waals surface area (Å²) in [4.78, 5) is 0. The number of benzene rings is 3. The highest BCUT2D eigenvalue weighted by atomic mass is 35.5. The molecule has 0 spiro atoms. The second kappa shape index (κ2) is 12.2. The van der Waals surface area contributed by atoms with Gasteiger partial charge in [-0.2, -0.15) is 0 Å². The molecule has 160 valence electrons. The summed E-state index contributed by atoms with van der Waals surface area (Å²) in [7, 11) is 0. The van der Waals surface area contributed by atoms with Crippen molar-refractivity contribution in [3.63, 3.8) is 0 Å². The van der Waals surface area contributed by atoms with Crippen LogP contribution in [0.3, 0.4) is 0 Å². The molecular formula is C25H30ClNO3. The van der Waals surface area contributed by atoms with E-state index in [-0.39, 0.29) is 18.4 Å². The van der Waals surface area contributed by atoms with E-state index in [1.807, 2.05) is 92.7 Å². The zero-order chi connectivity index (χ0) is 20.5. The van der Waals surface area contributed by atoms with Crippen LogP contribution >= 0.6 is 12.4 Å². The number of hydrogen-bond donors (Lipinski definition) is 2. The van der Waals surface area contributed by atoms with Gasteiger partial charge in [-0.15, -0.1) is 12.4 Å². The average Bonchev–Trinajstić information content (AvgIpc) is 2.77. The number of rotatable bonds is 10. The van der Waals surface area contributed by atoms with Crippen molar-refractivity contribution in [1.82, 2.24) is 5.32 Å². The van der Waals surface area contributed by atoms with Crippen molar-refractivity contribution in [1.29, 1.82) is 0 Å². The highest BCUT2D eigenvalue weighted by Gasteiger charge is 2.17. The third-order valence-corrected chi connectivity index (χ3v) is 4.82. The van der Waals surface area contributed by atoms with Crippen molar-refractivity contribution >= 4 is 12.4 Å². The third kappa shape index (κ3) is 6.49. The highest BCUT2D eigenvalue weighted by Crippen LogP contribution is 2.32. The van der Waals surface area contributed by atoms with Crippen LogP contribution in [-0.2, 0) is 13.2 Å². The SMILES string of the molecule is CCOc1cccc(CNC(C)C(O)c2ccccc2)c1OCc1ccccc1.Cl. The quantitative estimate of drug-likeness (QED) is 0.461. The number of hydrogen-bond acceptors (Lipinski definition) is 4. The first-order chi connectivity index (χ1) is 14.2. The topological polar surface area (TPSA) is 50.7 Å². The number of halogens is 1. The summed E-state index contributed by atoms with van der Waals surface area (Å²) in [5.41, 5.74) is 3.00. The Bertz CT molecular complexity index is 874. The van der Waals surface area contributed by atoms with Gasteiger partial charge in [-0.1, -0.05) is 72.8 Å². The van der Waals surface area contributed by atoms with E-state index in [2.05, 4.69) is 5.32 Å². The fraction of sp³-hybridized carbons (Fsp3) is 0.280. The Morgan fingerprint density at radius 2 is 1.53 bits per heavy atom. The van der Waals surface area contributed by atoms with Crippen LogP contribution in [0.15, 0.2) is 78.9 Å². The largest absolute Gasteiger partial charge is 0.490 e. The monoisotopic (exact) mass is 427 g/mol. The van der Waals surface area contributed by atoms with Gasteiger partial charge < -0.3 is 19.9 Å². The van der Waals surface area contributed by atoms with Crippen molar-refractivity contribution in [2.24, 2.45) is 0 Å². The minimum absolute atomic E-state index is 0. The Hall–Kier alpha value is -2.53. The Balaban J connectivity index is 0.00000320. The van der Waals surface area contributed by atoms with Crippen molar-refractivity contribution in [3.8, 4) is 11.5 Å². The summed E-state index contributed by atoms with van der Waals surface area (Å²) >= 11 is 0. The number of aliphatic hydroxyl groups is 1. The third-order valence-electron chi connectivity index (χ3n) is 4.82. The lowest BCUT2D eigenvalue weighted by Crippen LogP contribution is -2.31. The molecule has 4 nitrogen and oxygen atoms in total. The molecule has 0 bridgehead atoms. The number of aliphatic hydroxyl groups excluding tert-OH is 1. The molecule has 3 aromatic carbocycles. The first kappa shape index (κ1) is 23.7. The van der Waals surface area contributed by atoms with Gasteiger partial charge in [0.1, 0.15) is 6.61 Å². The molecule has 0 aliphatic heterocycles. The van der Waals surface area contributed by atoms with Crippen LogP contribution in [0.25, 0.3) is 0 Å². The molecule has 0 fully saturated rings. The molecule has 2 N–H and O–H groups in total. The van der Waals surface area contributed by atoms with Gasteiger partial charge in [0, 0.05) is 18.2 Å². The molecule has 2 atom stereocenters. The van der Waals surface area contributed by atoms with E-state index >= 15 is 0 Å². The van der Waals surface area contributed by atoms with Gasteiger partial charge in [-0.25, -0.2) is 0 Å². The van der Waals surface area contributed by atoms with Crippen LogP contribution in [0.5, 0.6) is 11.5 Å². The summed E-state index contributed by atoms with van der Waals surface area (Å²) in [6.45, 7) is 5.55. The zero-order valence-electron chi connectivity index (χ0n) is 17.5. The van der Waals surface area contributed by atoms with E-state index in [1.165, 1.54) is 0 Å². The molecule has 3 rings (SSSR count). The Kier molecular flexibility index (Phi) is 9.68. The van der Waals surface area contributed by atoms with E-state index in [4.69, 9.17) is 9.47 Å². The predicted octanol–water partition coefficient (Wildman–Crippen LogP) is 5.30. The second-order valence-electron chi connectivity index (χ2n) is 6.98. The van der Waals surface area contributed by atoms with E-state index in [1.54, 1.807) is 0 Å². The molecule has 0 aliphatic rings. The summed E-state index contributed by atoms with van der Waals surface area (Å²) in [5.74, 6) is 1.48. The minimum atomic E-state index is -0.583. The zero-order valence-corrected chi connectivity index (χ0v) is 18.3. The number of ether oxygens (including phenoxy) is 2. The molecule has 0 aliphatic carbocycles. The molecule has 2 unspecified atom stereocenters. The van der Waals surface area contributed by atoms with Gasteiger partial charge >= 0.3 is 0 Å². The lowest BCUT2D eigenvalue weighted by Gasteiger charge is -2.22. The lowest BCUT2D eigenvalue weighted by molar-refractivity contribution is 0.135. The van der Waals surface area contributed by atoms with Crippen LogP contribution in [0.2, 0.25) is 0 Å². The predicted molar refractivity (Wildman–Crippen MR) is 123 cm³/mol. The van der Waals surface area contributed by atoms with Crippen molar-refractivity contribution in [2.45, 2.75) is 39.1 Å². The maximum Gasteiger partial charge on any atom is 0.166 e. The molecule has 0 amide bonds. The smallest absolute Gasteiger partial charge is 0.166 e. The molecule has 0 aromatic heterocycles. The summed E-state index contributed by atoms with van der Waals surface area (Å²) in [5, 5.41) is 14.0. The molecule has 0 heterocycles. The van der Waals surface area contributed by atoms with Crippen LogP contribution in [0, 0.1) is 0 Å².